The summed E-state index contributed by atoms with van der Waals surface area (Å²) >= 11 is 5.24. The van der Waals surface area contributed by atoms with Gasteiger partial charge in [0.25, 0.3) is 0 Å². The molecule has 3 nitrogen and oxygen atoms in total. The highest BCUT2D eigenvalue weighted by molar-refractivity contribution is 7.71. The zero-order chi connectivity index (χ0) is 13.2. The van der Waals surface area contributed by atoms with Crippen molar-refractivity contribution < 1.29 is 4.74 Å². The first-order chi connectivity index (χ1) is 9.26. The average Bonchev–Trinajstić information content (AvgIpc) is 2.82. The molecule has 1 unspecified atom stereocenters. The molecule has 1 aromatic heterocycles. The number of H-pyrrole nitrogens is 1. The number of para-hydroxylation sites is 1. The van der Waals surface area contributed by atoms with E-state index in [0.717, 1.165) is 36.5 Å². The van der Waals surface area contributed by atoms with Crippen LogP contribution in [0.5, 0.6) is 5.75 Å². The van der Waals surface area contributed by atoms with Crippen molar-refractivity contribution in [2.75, 3.05) is 0 Å². The van der Waals surface area contributed by atoms with Crippen molar-refractivity contribution in [1.29, 1.82) is 0 Å². The fourth-order valence-electron chi connectivity index (χ4n) is 2.42. The highest BCUT2D eigenvalue weighted by Crippen LogP contribution is 2.34. The van der Waals surface area contributed by atoms with E-state index >= 15 is 0 Å². The van der Waals surface area contributed by atoms with Gasteiger partial charge in [0.15, 0.2) is 6.10 Å². The summed E-state index contributed by atoms with van der Waals surface area (Å²) in [7, 11) is 0. The third-order valence-corrected chi connectivity index (χ3v) is 3.50. The molecule has 0 spiro atoms. The smallest absolute Gasteiger partial charge is 0.160 e. The minimum Gasteiger partial charge on any atom is -0.482 e. The minimum atomic E-state index is -0.0455. The van der Waals surface area contributed by atoms with Crippen molar-refractivity contribution in [2.45, 2.75) is 32.3 Å². The molecule has 0 aliphatic carbocycles. The minimum absolute atomic E-state index is 0.0455. The Balaban J connectivity index is 1.90. The lowest BCUT2D eigenvalue weighted by atomic mass is 10.1. The van der Waals surface area contributed by atoms with E-state index in [1.54, 1.807) is 0 Å². The molecule has 0 amide bonds. The second kappa shape index (κ2) is 5.13. The summed E-state index contributed by atoms with van der Waals surface area (Å²) in [5, 5.41) is 0. The van der Waals surface area contributed by atoms with Gasteiger partial charge in [-0.15, -0.1) is 0 Å². The summed E-state index contributed by atoms with van der Waals surface area (Å²) in [5.74, 6) is 1.79. The molecule has 1 N–H and O–H groups in total. The highest BCUT2D eigenvalue weighted by Gasteiger charge is 2.25. The summed E-state index contributed by atoms with van der Waals surface area (Å²) in [6, 6.07) is 10.1. The molecule has 4 heteroatoms. The topological polar surface area (TPSA) is 37.9 Å². The van der Waals surface area contributed by atoms with Crippen LogP contribution in [-0.2, 0) is 12.8 Å². The van der Waals surface area contributed by atoms with Crippen LogP contribution in [0.3, 0.4) is 0 Å². The Labute approximate surface area is 117 Å². The molecule has 1 aliphatic heterocycles. The van der Waals surface area contributed by atoms with E-state index in [1.807, 2.05) is 24.3 Å². The number of rotatable bonds is 3. The Morgan fingerprint density at radius 2 is 2.26 bits per heavy atom. The first kappa shape index (κ1) is 12.4. The summed E-state index contributed by atoms with van der Waals surface area (Å²) in [5.41, 5.74) is 2.37. The van der Waals surface area contributed by atoms with Gasteiger partial charge in [0.2, 0.25) is 0 Å². The maximum absolute atomic E-state index is 5.94. The molecule has 1 aliphatic rings. The molecule has 0 bridgehead atoms. The summed E-state index contributed by atoms with van der Waals surface area (Å²) < 4.78 is 6.58. The van der Waals surface area contributed by atoms with E-state index in [0.29, 0.717) is 4.64 Å². The van der Waals surface area contributed by atoms with E-state index < -0.39 is 0 Å². The molecule has 1 atom stereocenters. The lowest BCUT2D eigenvalue weighted by Gasteiger charge is -2.11. The highest BCUT2D eigenvalue weighted by atomic mass is 32.1. The number of hydrogen-bond acceptors (Lipinski definition) is 3. The van der Waals surface area contributed by atoms with E-state index in [4.69, 9.17) is 17.0 Å². The second-order valence-electron chi connectivity index (χ2n) is 4.80. The van der Waals surface area contributed by atoms with Gasteiger partial charge in [0.05, 0.1) is 0 Å². The maximum Gasteiger partial charge on any atom is 0.160 e. The summed E-state index contributed by atoms with van der Waals surface area (Å²) in [4.78, 5) is 7.78. The van der Waals surface area contributed by atoms with Gasteiger partial charge < -0.3 is 9.72 Å². The van der Waals surface area contributed by atoms with Crippen LogP contribution in [0.25, 0.3) is 0 Å². The SMILES string of the molecule is CCCc1cc(=S)nc(C2Cc3ccccc3O2)[nH]1. The van der Waals surface area contributed by atoms with Gasteiger partial charge in [0, 0.05) is 12.1 Å². The molecule has 0 fully saturated rings. The van der Waals surface area contributed by atoms with Crippen LogP contribution >= 0.6 is 12.2 Å². The van der Waals surface area contributed by atoms with E-state index in [2.05, 4.69) is 23.0 Å². The fraction of sp³-hybridized carbons (Fsp3) is 0.333. The predicted molar refractivity (Wildman–Crippen MR) is 76.9 cm³/mol. The van der Waals surface area contributed by atoms with Crippen molar-refractivity contribution in [2.24, 2.45) is 0 Å². The molecule has 19 heavy (non-hydrogen) atoms. The van der Waals surface area contributed by atoms with Gasteiger partial charge in [-0.3, -0.25) is 0 Å². The molecule has 1 aromatic carbocycles. The Morgan fingerprint density at radius 3 is 3.05 bits per heavy atom. The number of aromatic nitrogens is 2. The Kier molecular flexibility index (Phi) is 3.34. The monoisotopic (exact) mass is 272 g/mol. The molecular formula is C15H16N2OS. The number of nitrogens with one attached hydrogen (secondary N) is 1. The van der Waals surface area contributed by atoms with Crippen LogP contribution in [0.2, 0.25) is 0 Å². The molecule has 2 heterocycles. The van der Waals surface area contributed by atoms with Crippen LogP contribution in [0.15, 0.2) is 30.3 Å². The normalized spacial score (nSPS) is 17.0. The zero-order valence-corrected chi connectivity index (χ0v) is 11.7. The van der Waals surface area contributed by atoms with Crippen LogP contribution in [0.4, 0.5) is 0 Å². The van der Waals surface area contributed by atoms with Gasteiger partial charge in [-0.1, -0.05) is 43.8 Å². The van der Waals surface area contributed by atoms with Crippen molar-refractivity contribution in [3.05, 3.63) is 52.1 Å². The number of ether oxygens (including phenoxy) is 1. The standard InChI is InChI=1S/C15H16N2OS/c1-2-5-11-9-14(19)17-15(16-11)13-8-10-6-3-4-7-12(10)18-13/h3-4,6-7,9,13H,2,5,8H2,1H3,(H,16,17,19). The first-order valence-corrected chi connectivity index (χ1v) is 7.02. The largest absolute Gasteiger partial charge is 0.482 e. The van der Waals surface area contributed by atoms with Crippen LogP contribution < -0.4 is 4.74 Å². The maximum atomic E-state index is 5.94. The van der Waals surface area contributed by atoms with E-state index in [-0.39, 0.29) is 6.10 Å². The number of nitrogens with zero attached hydrogens (tertiary/aromatic N) is 1. The molecule has 0 saturated carbocycles. The Hall–Kier alpha value is -1.68. The molecular weight excluding hydrogens is 256 g/mol. The Morgan fingerprint density at radius 1 is 1.42 bits per heavy atom. The van der Waals surface area contributed by atoms with Gasteiger partial charge in [-0.2, -0.15) is 0 Å². The van der Waals surface area contributed by atoms with Gasteiger partial charge in [-0.05, 0) is 24.1 Å². The first-order valence-electron chi connectivity index (χ1n) is 6.61. The molecule has 2 aromatic rings. The lowest BCUT2D eigenvalue weighted by molar-refractivity contribution is 0.227. The van der Waals surface area contributed by atoms with E-state index in [1.165, 1.54) is 5.56 Å². The van der Waals surface area contributed by atoms with Crippen molar-refractivity contribution >= 4 is 12.2 Å². The number of aryl methyl sites for hydroxylation is 1. The summed E-state index contributed by atoms with van der Waals surface area (Å²) in [6.07, 6.45) is 2.87. The Bertz CT molecular complexity index is 626. The van der Waals surface area contributed by atoms with Crippen LogP contribution in [-0.4, -0.2) is 9.97 Å². The molecule has 98 valence electrons. The van der Waals surface area contributed by atoms with Gasteiger partial charge in [-0.25, -0.2) is 4.98 Å². The van der Waals surface area contributed by atoms with Gasteiger partial charge >= 0.3 is 0 Å². The number of benzene rings is 1. The summed E-state index contributed by atoms with van der Waals surface area (Å²) in [6.45, 7) is 2.15. The van der Waals surface area contributed by atoms with Crippen molar-refractivity contribution in [3.63, 3.8) is 0 Å². The van der Waals surface area contributed by atoms with Gasteiger partial charge in [0.1, 0.15) is 16.2 Å². The molecule has 0 saturated heterocycles. The third-order valence-electron chi connectivity index (χ3n) is 3.29. The van der Waals surface area contributed by atoms with E-state index in [9.17, 15) is 0 Å². The zero-order valence-electron chi connectivity index (χ0n) is 10.8. The average molecular weight is 272 g/mol. The number of fused-ring (bicyclic) bond motifs is 1. The molecule has 0 radical (unpaired) electrons. The predicted octanol–water partition coefficient (Wildman–Crippen LogP) is 3.77. The van der Waals surface area contributed by atoms with Crippen LogP contribution in [0.1, 0.15) is 36.5 Å². The lowest BCUT2D eigenvalue weighted by Crippen LogP contribution is -2.10. The second-order valence-corrected chi connectivity index (χ2v) is 5.22. The van der Waals surface area contributed by atoms with Crippen LogP contribution in [0, 0.1) is 4.64 Å². The molecule has 3 rings (SSSR count). The van der Waals surface area contributed by atoms with Crippen molar-refractivity contribution in [3.8, 4) is 5.75 Å². The fourth-order valence-corrected chi connectivity index (χ4v) is 2.66. The quantitative estimate of drug-likeness (QED) is 0.864. The van der Waals surface area contributed by atoms with Crippen molar-refractivity contribution in [1.82, 2.24) is 9.97 Å². The number of aromatic amines is 1. The third kappa shape index (κ3) is 2.54. The number of hydrogen-bond donors (Lipinski definition) is 1.